The number of hydrogen-bond acceptors (Lipinski definition) is 3. The zero-order valence-electron chi connectivity index (χ0n) is 8.81. The van der Waals surface area contributed by atoms with Crippen molar-refractivity contribution in [3.8, 4) is 0 Å². The Balaban J connectivity index is 3.17. The number of rotatable bonds is 3. The van der Waals surface area contributed by atoms with Crippen LogP contribution in [0.15, 0.2) is 24.3 Å². The van der Waals surface area contributed by atoms with Crippen molar-refractivity contribution >= 4 is 33.0 Å². The molecule has 0 saturated heterocycles. The molecule has 0 saturated carbocycles. The third kappa shape index (κ3) is 2.69. The zero-order chi connectivity index (χ0) is 12.6. The number of hydrogen-bond donors (Lipinski definition) is 1. The first-order chi connectivity index (χ1) is 7.16. The lowest BCUT2D eigenvalue weighted by Crippen LogP contribution is -2.32. The number of aliphatic hydroxyl groups excluding tert-OH is 1. The second-order valence-electron chi connectivity index (χ2n) is 3.65. The maximum atomic E-state index is 11.3. The Hall–Kier alpha value is -0.290. The molecule has 0 heterocycles. The van der Waals surface area contributed by atoms with E-state index in [1.54, 1.807) is 18.2 Å². The summed E-state index contributed by atoms with van der Waals surface area (Å²) >= 11 is 11.4. The van der Waals surface area contributed by atoms with Crippen LogP contribution in [0.1, 0.15) is 17.2 Å². The summed E-state index contributed by atoms with van der Waals surface area (Å²) in [4.78, 5) is 0. The monoisotopic (exact) mass is 282 g/mol. The van der Waals surface area contributed by atoms with Crippen LogP contribution in [-0.4, -0.2) is 23.4 Å². The minimum atomic E-state index is -3.78. The van der Waals surface area contributed by atoms with E-state index in [1.165, 1.54) is 0 Å². The van der Waals surface area contributed by atoms with Crippen molar-refractivity contribution in [3.05, 3.63) is 35.4 Å². The summed E-state index contributed by atoms with van der Waals surface area (Å²) in [6.07, 6.45) is -0.600. The van der Waals surface area contributed by atoms with Crippen molar-refractivity contribution < 1.29 is 13.5 Å². The van der Waals surface area contributed by atoms with Gasteiger partial charge in [0.25, 0.3) is 0 Å². The molecule has 0 aliphatic heterocycles. The average Bonchev–Trinajstić information content (AvgIpc) is 2.14. The summed E-state index contributed by atoms with van der Waals surface area (Å²) in [5.41, 5.74) is 1.25. The van der Waals surface area contributed by atoms with Gasteiger partial charge in [-0.25, -0.2) is 8.42 Å². The molecule has 0 radical (unpaired) electrons. The van der Waals surface area contributed by atoms with E-state index in [4.69, 9.17) is 23.2 Å². The summed E-state index contributed by atoms with van der Waals surface area (Å²) in [6, 6.07) is 6.72. The van der Waals surface area contributed by atoms with Crippen molar-refractivity contribution in [1.29, 1.82) is 0 Å². The number of halogens is 2. The molecule has 0 spiro atoms. The van der Waals surface area contributed by atoms with Crippen molar-refractivity contribution in [1.82, 2.24) is 0 Å². The first-order valence-electron chi connectivity index (χ1n) is 4.48. The van der Waals surface area contributed by atoms with Gasteiger partial charge >= 0.3 is 0 Å². The quantitative estimate of drug-likeness (QED) is 0.865. The summed E-state index contributed by atoms with van der Waals surface area (Å²) in [6.45, 7) is 1.82. The van der Waals surface area contributed by atoms with Gasteiger partial charge in [-0.15, -0.1) is 0 Å². The van der Waals surface area contributed by atoms with Crippen LogP contribution in [0, 0.1) is 6.92 Å². The van der Waals surface area contributed by atoms with Gasteiger partial charge in [0.15, 0.2) is 9.84 Å². The molecule has 1 aromatic carbocycles. The summed E-state index contributed by atoms with van der Waals surface area (Å²) < 4.78 is 20.4. The van der Waals surface area contributed by atoms with E-state index in [-0.39, 0.29) is 0 Å². The van der Waals surface area contributed by atoms with Gasteiger partial charge in [-0.05, 0) is 12.5 Å². The van der Waals surface area contributed by atoms with Crippen molar-refractivity contribution in [3.63, 3.8) is 0 Å². The van der Waals surface area contributed by atoms with Gasteiger partial charge in [-0.3, -0.25) is 0 Å². The first kappa shape index (κ1) is 13.8. The lowest BCUT2D eigenvalue weighted by molar-refractivity contribution is 0.181. The van der Waals surface area contributed by atoms with Gasteiger partial charge in [-0.1, -0.05) is 53.0 Å². The minimum Gasteiger partial charge on any atom is -0.384 e. The Morgan fingerprint density at radius 3 is 2.38 bits per heavy atom. The lowest BCUT2D eigenvalue weighted by Gasteiger charge is -2.24. The van der Waals surface area contributed by atoms with Gasteiger partial charge in [-0.2, -0.15) is 0 Å². The summed E-state index contributed by atoms with van der Waals surface area (Å²) in [5.74, 6) is 0. The Morgan fingerprint density at radius 1 is 1.38 bits per heavy atom. The standard InChI is InChI=1S/C10H12Cl2O3S/c1-7-4-3-5-8(6-7)9(13)10(11,12)16(2,14)15/h3-6,9,13H,1-2H3. The number of sulfone groups is 1. The number of alkyl halides is 2. The van der Waals surface area contributed by atoms with Crippen LogP contribution in [-0.2, 0) is 9.84 Å². The SMILES string of the molecule is Cc1cccc(C(O)C(Cl)(Cl)S(C)(=O)=O)c1. The highest BCUT2D eigenvalue weighted by Crippen LogP contribution is 2.40. The number of benzene rings is 1. The van der Waals surface area contributed by atoms with E-state index in [0.29, 0.717) is 5.56 Å². The molecule has 0 fully saturated rings. The fourth-order valence-electron chi connectivity index (χ4n) is 1.24. The van der Waals surface area contributed by atoms with Crippen molar-refractivity contribution in [2.24, 2.45) is 0 Å². The van der Waals surface area contributed by atoms with Crippen molar-refractivity contribution in [2.45, 2.75) is 16.7 Å². The third-order valence-corrected chi connectivity index (χ3v) is 5.48. The summed E-state index contributed by atoms with van der Waals surface area (Å²) in [5, 5.41) is 9.87. The van der Waals surface area contributed by atoms with Gasteiger partial charge in [0.2, 0.25) is 3.67 Å². The summed E-state index contributed by atoms with van der Waals surface area (Å²) in [7, 11) is -3.78. The maximum Gasteiger partial charge on any atom is 0.247 e. The molecule has 0 aliphatic rings. The van der Waals surface area contributed by atoms with E-state index in [1.807, 2.05) is 13.0 Å². The predicted molar refractivity (Wildman–Crippen MR) is 65.4 cm³/mol. The highest BCUT2D eigenvalue weighted by atomic mass is 35.5. The molecule has 0 bridgehead atoms. The number of aryl methyl sites for hydroxylation is 1. The molecule has 1 aromatic rings. The van der Waals surface area contributed by atoms with Crippen LogP contribution in [0.2, 0.25) is 0 Å². The smallest absolute Gasteiger partial charge is 0.247 e. The molecular weight excluding hydrogens is 271 g/mol. The van der Waals surface area contributed by atoms with Gasteiger partial charge in [0.05, 0.1) is 0 Å². The molecule has 90 valence electrons. The lowest BCUT2D eigenvalue weighted by atomic mass is 10.1. The molecule has 16 heavy (non-hydrogen) atoms. The van der Waals surface area contributed by atoms with E-state index < -0.39 is 19.6 Å². The highest BCUT2D eigenvalue weighted by molar-refractivity contribution is 7.94. The molecular formula is C10H12Cl2O3S. The van der Waals surface area contributed by atoms with Crippen LogP contribution < -0.4 is 0 Å². The maximum absolute atomic E-state index is 11.3. The molecule has 6 heteroatoms. The van der Waals surface area contributed by atoms with Crippen LogP contribution in [0.25, 0.3) is 0 Å². The average molecular weight is 283 g/mol. The van der Waals surface area contributed by atoms with Gasteiger partial charge in [0, 0.05) is 6.26 Å². The van der Waals surface area contributed by atoms with E-state index in [2.05, 4.69) is 0 Å². The predicted octanol–water partition coefficient (Wildman–Crippen LogP) is 2.20. The van der Waals surface area contributed by atoms with Crippen LogP contribution >= 0.6 is 23.2 Å². The molecule has 1 rings (SSSR count). The largest absolute Gasteiger partial charge is 0.384 e. The molecule has 3 nitrogen and oxygen atoms in total. The Kier molecular flexibility index (Phi) is 3.90. The van der Waals surface area contributed by atoms with Gasteiger partial charge < -0.3 is 5.11 Å². The first-order valence-corrected chi connectivity index (χ1v) is 7.13. The second-order valence-corrected chi connectivity index (χ2v) is 7.67. The molecule has 1 unspecified atom stereocenters. The van der Waals surface area contributed by atoms with Crippen LogP contribution in [0.3, 0.4) is 0 Å². The number of aliphatic hydroxyl groups is 1. The van der Waals surface area contributed by atoms with Crippen LogP contribution in [0.5, 0.6) is 0 Å². The second kappa shape index (κ2) is 4.53. The zero-order valence-corrected chi connectivity index (χ0v) is 11.1. The normalized spacial score (nSPS) is 14.8. The molecule has 1 atom stereocenters. The Bertz CT molecular complexity index is 483. The molecule has 0 aromatic heterocycles. The van der Waals surface area contributed by atoms with E-state index >= 15 is 0 Å². The highest BCUT2D eigenvalue weighted by Gasteiger charge is 2.44. The molecule has 0 aliphatic carbocycles. The Morgan fingerprint density at radius 2 is 1.94 bits per heavy atom. The minimum absolute atomic E-state index is 0.371. The topological polar surface area (TPSA) is 54.4 Å². The molecule has 1 N–H and O–H groups in total. The van der Waals surface area contributed by atoms with Crippen molar-refractivity contribution in [2.75, 3.05) is 6.26 Å². The van der Waals surface area contributed by atoms with E-state index in [9.17, 15) is 13.5 Å². The Labute approximate surface area is 105 Å². The fraction of sp³-hybridized carbons (Fsp3) is 0.400. The fourth-order valence-corrected chi connectivity index (χ4v) is 2.03. The molecule has 0 amide bonds. The van der Waals surface area contributed by atoms with E-state index in [0.717, 1.165) is 11.8 Å². The van der Waals surface area contributed by atoms with Crippen LogP contribution in [0.4, 0.5) is 0 Å². The van der Waals surface area contributed by atoms with Gasteiger partial charge in [0.1, 0.15) is 6.10 Å². The third-order valence-electron chi connectivity index (χ3n) is 2.17.